The molecule has 6 heteroatoms. The molecule has 0 aliphatic carbocycles. The number of aliphatic carboxylic acids is 1. The van der Waals surface area contributed by atoms with Crippen LogP contribution in [0.25, 0.3) is 0 Å². The Morgan fingerprint density at radius 2 is 2.06 bits per heavy atom. The quantitative estimate of drug-likeness (QED) is 0.548. The summed E-state index contributed by atoms with van der Waals surface area (Å²) in [6.45, 7) is 2.93. The number of ether oxygens (including phenoxy) is 2. The van der Waals surface area contributed by atoms with Crippen molar-refractivity contribution in [2.24, 2.45) is 0 Å². The Balaban J connectivity index is 3.59. The van der Waals surface area contributed by atoms with E-state index in [1.165, 1.54) is 7.11 Å². The molecule has 0 aromatic carbocycles. The van der Waals surface area contributed by atoms with Crippen LogP contribution in [0.5, 0.6) is 0 Å². The lowest BCUT2D eigenvalue weighted by molar-refractivity contribution is -0.148. The normalized spacial score (nSPS) is 12.1. The van der Waals surface area contributed by atoms with Crippen LogP contribution in [0.1, 0.15) is 19.8 Å². The summed E-state index contributed by atoms with van der Waals surface area (Å²) in [4.78, 5) is 21.8. The molecule has 0 saturated heterocycles. The van der Waals surface area contributed by atoms with Crippen LogP contribution >= 0.6 is 0 Å². The largest absolute Gasteiger partial charge is 0.479 e. The Kier molecular flexibility index (Phi) is 8.46. The van der Waals surface area contributed by atoms with Gasteiger partial charge in [-0.2, -0.15) is 0 Å². The van der Waals surface area contributed by atoms with E-state index in [1.807, 2.05) is 6.92 Å². The zero-order valence-electron chi connectivity index (χ0n) is 9.69. The Morgan fingerprint density at radius 3 is 2.56 bits per heavy atom. The molecule has 1 amide bonds. The summed E-state index contributed by atoms with van der Waals surface area (Å²) in [5.41, 5.74) is 0. The first kappa shape index (κ1) is 14.9. The molecule has 0 aromatic rings. The molecule has 0 radical (unpaired) electrons. The van der Waals surface area contributed by atoms with Gasteiger partial charge in [0.2, 0.25) is 5.91 Å². The molecule has 0 heterocycles. The molecule has 94 valence electrons. The second-order valence-electron chi connectivity index (χ2n) is 3.23. The van der Waals surface area contributed by atoms with Gasteiger partial charge in [-0.25, -0.2) is 4.79 Å². The Hall–Kier alpha value is -1.14. The average molecular weight is 233 g/mol. The van der Waals surface area contributed by atoms with Crippen molar-refractivity contribution in [2.45, 2.75) is 25.9 Å². The van der Waals surface area contributed by atoms with Gasteiger partial charge < -0.3 is 19.9 Å². The number of carbonyl (C=O) groups excluding carboxylic acids is 1. The first-order valence-corrected chi connectivity index (χ1v) is 5.21. The molecule has 0 aliphatic rings. The van der Waals surface area contributed by atoms with Gasteiger partial charge in [-0.1, -0.05) is 6.92 Å². The Labute approximate surface area is 94.9 Å². The van der Waals surface area contributed by atoms with Crippen LogP contribution in [0, 0.1) is 0 Å². The fraction of sp³-hybridized carbons (Fsp3) is 0.800. The summed E-state index contributed by atoms with van der Waals surface area (Å²) in [6.07, 6.45) is 0.142. The monoisotopic (exact) mass is 233 g/mol. The van der Waals surface area contributed by atoms with Gasteiger partial charge >= 0.3 is 5.97 Å². The van der Waals surface area contributed by atoms with Crippen molar-refractivity contribution in [1.82, 2.24) is 5.32 Å². The molecule has 1 atom stereocenters. The number of carbonyl (C=O) groups is 2. The standard InChI is InChI=1S/C10H19NO5/c1-3-5-16-6-4-9(12)11-7-8(15-2)10(13)14/h8H,3-7H2,1-2H3,(H,11,12)(H,13,14). The highest BCUT2D eigenvalue weighted by atomic mass is 16.5. The molecule has 2 N–H and O–H groups in total. The van der Waals surface area contributed by atoms with E-state index in [2.05, 4.69) is 10.1 Å². The molecule has 16 heavy (non-hydrogen) atoms. The molecule has 0 aliphatic heterocycles. The minimum absolute atomic E-state index is 0.0293. The number of rotatable bonds is 9. The number of nitrogens with one attached hydrogen (secondary N) is 1. The van der Waals surface area contributed by atoms with Crippen molar-refractivity contribution in [3.8, 4) is 0 Å². The van der Waals surface area contributed by atoms with Crippen molar-refractivity contribution in [2.75, 3.05) is 26.9 Å². The van der Waals surface area contributed by atoms with Crippen LogP contribution in [0.4, 0.5) is 0 Å². The van der Waals surface area contributed by atoms with Gasteiger partial charge in [-0.3, -0.25) is 4.79 Å². The summed E-state index contributed by atoms with van der Waals surface area (Å²) in [7, 11) is 1.29. The lowest BCUT2D eigenvalue weighted by atomic mass is 10.3. The van der Waals surface area contributed by atoms with Crippen molar-refractivity contribution in [3.63, 3.8) is 0 Å². The maximum absolute atomic E-state index is 11.2. The van der Waals surface area contributed by atoms with Crippen LogP contribution in [0.3, 0.4) is 0 Å². The predicted octanol–water partition coefficient (Wildman–Crippen LogP) is 0.0189. The number of methoxy groups -OCH3 is 1. The van der Waals surface area contributed by atoms with Gasteiger partial charge in [0.15, 0.2) is 6.10 Å². The van der Waals surface area contributed by atoms with E-state index < -0.39 is 12.1 Å². The Bertz CT molecular complexity index is 219. The molecular weight excluding hydrogens is 214 g/mol. The molecule has 0 saturated carbocycles. The van der Waals surface area contributed by atoms with Gasteiger partial charge in [0, 0.05) is 20.1 Å². The second kappa shape index (κ2) is 9.11. The van der Waals surface area contributed by atoms with E-state index in [9.17, 15) is 9.59 Å². The highest BCUT2D eigenvalue weighted by Gasteiger charge is 2.16. The van der Waals surface area contributed by atoms with Crippen LogP contribution in [0.15, 0.2) is 0 Å². The first-order chi connectivity index (χ1) is 7.61. The highest BCUT2D eigenvalue weighted by Crippen LogP contribution is 1.90. The van der Waals surface area contributed by atoms with Crippen molar-refractivity contribution < 1.29 is 24.2 Å². The molecule has 0 fully saturated rings. The zero-order chi connectivity index (χ0) is 12.4. The topological polar surface area (TPSA) is 84.9 Å². The van der Waals surface area contributed by atoms with E-state index in [-0.39, 0.29) is 18.9 Å². The van der Waals surface area contributed by atoms with Crippen molar-refractivity contribution >= 4 is 11.9 Å². The fourth-order valence-electron chi connectivity index (χ4n) is 0.978. The van der Waals surface area contributed by atoms with Crippen molar-refractivity contribution in [1.29, 1.82) is 0 Å². The summed E-state index contributed by atoms with van der Waals surface area (Å²) in [6, 6.07) is 0. The Morgan fingerprint density at radius 1 is 1.38 bits per heavy atom. The average Bonchev–Trinajstić information content (AvgIpc) is 2.25. The van der Waals surface area contributed by atoms with Crippen LogP contribution in [-0.4, -0.2) is 50.0 Å². The SMILES string of the molecule is CCCOCCC(=O)NCC(OC)C(=O)O. The molecule has 0 aromatic heterocycles. The third-order valence-electron chi connectivity index (χ3n) is 1.87. The van der Waals surface area contributed by atoms with E-state index in [4.69, 9.17) is 9.84 Å². The van der Waals surface area contributed by atoms with Gasteiger partial charge in [0.1, 0.15) is 0 Å². The highest BCUT2D eigenvalue weighted by molar-refractivity contribution is 5.78. The van der Waals surface area contributed by atoms with Crippen molar-refractivity contribution in [3.05, 3.63) is 0 Å². The lowest BCUT2D eigenvalue weighted by Crippen LogP contribution is -2.38. The number of carboxylic acids is 1. The third-order valence-corrected chi connectivity index (χ3v) is 1.87. The molecule has 0 rings (SSSR count). The number of carboxylic acid groups (broad SMARTS) is 1. The maximum atomic E-state index is 11.2. The smallest absolute Gasteiger partial charge is 0.334 e. The van der Waals surface area contributed by atoms with E-state index in [0.717, 1.165) is 6.42 Å². The number of amides is 1. The van der Waals surface area contributed by atoms with Crippen LogP contribution < -0.4 is 5.32 Å². The third kappa shape index (κ3) is 7.19. The summed E-state index contributed by atoms with van der Waals surface area (Å²) in [5.74, 6) is -1.33. The van der Waals surface area contributed by atoms with E-state index in [0.29, 0.717) is 13.2 Å². The minimum Gasteiger partial charge on any atom is -0.479 e. The second-order valence-corrected chi connectivity index (χ2v) is 3.23. The van der Waals surface area contributed by atoms with Crippen LogP contribution in [-0.2, 0) is 19.1 Å². The van der Waals surface area contributed by atoms with E-state index in [1.54, 1.807) is 0 Å². The predicted molar refractivity (Wildman–Crippen MR) is 57.2 cm³/mol. The first-order valence-electron chi connectivity index (χ1n) is 5.21. The van der Waals surface area contributed by atoms with Gasteiger partial charge in [0.05, 0.1) is 13.2 Å². The molecule has 0 spiro atoms. The van der Waals surface area contributed by atoms with Crippen LogP contribution in [0.2, 0.25) is 0 Å². The molecule has 1 unspecified atom stereocenters. The fourth-order valence-corrected chi connectivity index (χ4v) is 0.978. The number of hydrogen-bond acceptors (Lipinski definition) is 4. The van der Waals surface area contributed by atoms with Gasteiger partial charge in [-0.05, 0) is 6.42 Å². The van der Waals surface area contributed by atoms with Gasteiger partial charge in [-0.15, -0.1) is 0 Å². The van der Waals surface area contributed by atoms with Gasteiger partial charge in [0.25, 0.3) is 0 Å². The molecule has 6 nitrogen and oxygen atoms in total. The summed E-state index contributed by atoms with van der Waals surface area (Å²) in [5, 5.41) is 11.1. The van der Waals surface area contributed by atoms with E-state index >= 15 is 0 Å². The number of hydrogen-bond donors (Lipinski definition) is 2. The molecule has 0 bridgehead atoms. The molecular formula is C10H19NO5. The summed E-state index contributed by atoms with van der Waals surface area (Å²) >= 11 is 0. The zero-order valence-corrected chi connectivity index (χ0v) is 9.69. The summed E-state index contributed by atoms with van der Waals surface area (Å²) < 4.78 is 9.79. The lowest BCUT2D eigenvalue weighted by Gasteiger charge is -2.11. The minimum atomic E-state index is -1.09. The maximum Gasteiger partial charge on any atom is 0.334 e.